The van der Waals surface area contributed by atoms with Gasteiger partial charge in [-0.15, -0.1) is 0 Å². The molecule has 0 aromatic heterocycles. The monoisotopic (exact) mass is 778 g/mol. The minimum atomic E-state index is -3.34. The summed E-state index contributed by atoms with van der Waals surface area (Å²) in [4.78, 5) is 66.3. The molecule has 0 aliphatic carbocycles. The highest BCUT2D eigenvalue weighted by molar-refractivity contribution is 7.90. The third-order valence-corrected chi connectivity index (χ3v) is 10.3. The molecule has 0 radical (unpaired) electrons. The second-order valence-corrected chi connectivity index (χ2v) is 17.0. The number of allylic oxidation sites excluding steroid dienone is 1. The van der Waals surface area contributed by atoms with Gasteiger partial charge in [-0.25, -0.2) is 8.42 Å². The molecule has 0 bridgehead atoms. The molecule has 0 spiro atoms. The first kappa shape index (κ1) is 48.0. The van der Waals surface area contributed by atoms with Crippen molar-refractivity contribution in [2.45, 2.75) is 142 Å². The highest BCUT2D eigenvalue weighted by Crippen LogP contribution is 2.13. The molecule has 5 amide bonds. The smallest absolute Gasteiger partial charge is 0.243 e. The molecule has 7 N–H and O–H groups in total. The Balaban J connectivity index is 2.91. The Bertz CT molecular complexity index is 1500. The van der Waals surface area contributed by atoms with E-state index in [2.05, 4.69) is 38.5 Å². The van der Waals surface area contributed by atoms with Gasteiger partial charge in [-0.2, -0.15) is 0 Å². The van der Waals surface area contributed by atoms with E-state index in [-0.39, 0.29) is 78.1 Å². The Kier molecular flexibility index (Phi) is 21.1. The van der Waals surface area contributed by atoms with Gasteiger partial charge >= 0.3 is 0 Å². The third kappa shape index (κ3) is 17.9. The largest absolute Gasteiger partial charge is 0.513 e. The number of hydrogen-bond acceptors (Lipinski definition) is 9. The van der Waals surface area contributed by atoms with Crippen molar-refractivity contribution in [3.63, 3.8) is 0 Å². The van der Waals surface area contributed by atoms with Crippen LogP contribution in [0.25, 0.3) is 0 Å². The number of carbonyl (C=O) groups is 5. The molecule has 1 unspecified atom stereocenters. The lowest BCUT2D eigenvalue weighted by atomic mass is 9.97. The molecule has 0 fully saturated rings. The van der Waals surface area contributed by atoms with E-state index in [1.807, 2.05) is 48.5 Å². The molecule has 306 valence electrons. The summed E-state index contributed by atoms with van der Waals surface area (Å²) in [5.74, 6) is -2.15. The highest BCUT2D eigenvalue weighted by atomic mass is 32.2. The maximum atomic E-state index is 13.6. The zero-order valence-corrected chi connectivity index (χ0v) is 34.5. The van der Waals surface area contributed by atoms with Crippen LogP contribution in [0.15, 0.2) is 41.5 Å². The average Bonchev–Trinajstić information content (AvgIpc) is 3.09. The molecule has 6 atom stereocenters. The van der Waals surface area contributed by atoms with Crippen LogP contribution >= 0.6 is 0 Å². The van der Waals surface area contributed by atoms with Gasteiger partial charge in [0.15, 0.2) is 9.84 Å². The first-order chi connectivity index (χ1) is 25.2. The van der Waals surface area contributed by atoms with Crippen LogP contribution in [0.1, 0.15) is 106 Å². The van der Waals surface area contributed by atoms with E-state index in [0.717, 1.165) is 6.26 Å². The van der Waals surface area contributed by atoms with Crippen LogP contribution in [0.2, 0.25) is 0 Å². The lowest BCUT2D eigenvalue weighted by Gasteiger charge is -2.29. The minimum Gasteiger partial charge on any atom is -0.513 e. The summed E-state index contributed by atoms with van der Waals surface area (Å²) >= 11 is 0. The molecule has 1 rings (SSSR count). The summed E-state index contributed by atoms with van der Waals surface area (Å²) in [5, 5.41) is 26.9. The van der Waals surface area contributed by atoms with Crippen LogP contribution in [0.5, 0.6) is 0 Å². The summed E-state index contributed by atoms with van der Waals surface area (Å²) in [6, 6.07) is 2.60. The Morgan fingerprint density at radius 3 is 1.94 bits per heavy atom. The molecular formula is C39H66N6O8S. The molecule has 54 heavy (non-hydrogen) atoms. The van der Waals surface area contributed by atoms with Gasteiger partial charge in [0.2, 0.25) is 29.5 Å². The van der Waals surface area contributed by atoms with E-state index < -0.39 is 45.8 Å². The molecule has 0 saturated carbocycles. The second-order valence-electron chi connectivity index (χ2n) is 15.0. The van der Waals surface area contributed by atoms with Crippen LogP contribution in [0, 0.1) is 17.8 Å². The number of amides is 5. The zero-order valence-electron chi connectivity index (χ0n) is 33.7. The molecule has 14 nitrogen and oxygen atoms in total. The topological polar surface area (TPSA) is 212 Å². The number of aliphatic hydroxyl groups excluding tert-OH is 1. The first-order valence-electron chi connectivity index (χ1n) is 19.1. The van der Waals surface area contributed by atoms with Gasteiger partial charge in [0.25, 0.3) is 0 Å². The van der Waals surface area contributed by atoms with Crippen molar-refractivity contribution in [2.24, 2.45) is 17.8 Å². The molecule has 1 aromatic carbocycles. The molecule has 0 saturated heterocycles. The standard InChI is InChI=1S/C39H66N6O8S/c1-11-14-32(43-39(51)35(26(7)12-2)44-33(47)16-13-15-27(8)46)37(49)42-30(21-24(3)4)23-40-28(9)36(48)45-34(25(5)6)38(50)41-22-29-17-19-31(20-18-29)54(10,52)53/h17-20,24-26,28,30,32,34-35,40,46H,8,11-16,21-23H2,1-7,9-10H3,(H,41,50)(H,42,49)(H,43,51)(H,44,47)(H,45,48)/t26-,28-,30?,32-,34-,35-/m0/s1. The van der Waals surface area contributed by atoms with E-state index >= 15 is 0 Å². The summed E-state index contributed by atoms with van der Waals surface area (Å²) in [6.45, 7) is 18.9. The van der Waals surface area contributed by atoms with Gasteiger partial charge in [0.05, 0.1) is 16.7 Å². The van der Waals surface area contributed by atoms with Crippen molar-refractivity contribution in [2.75, 3.05) is 12.8 Å². The first-order valence-corrected chi connectivity index (χ1v) is 21.0. The third-order valence-electron chi connectivity index (χ3n) is 9.12. The normalized spacial score (nSPS) is 14.9. The fourth-order valence-electron chi connectivity index (χ4n) is 5.66. The molecule has 0 heterocycles. The minimum absolute atomic E-state index is 0.00779. The van der Waals surface area contributed by atoms with Gasteiger partial charge in [-0.05, 0) is 61.6 Å². The van der Waals surface area contributed by atoms with Crippen LogP contribution in [0.3, 0.4) is 0 Å². The van der Waals surface area contributed by atoms with Crippen molar-refractivity contribution >= 4 is 39.4 Å². The Morgan fingerprint density at radius 2 is 1.43 bits per heavy atom. The lowest BCUT2D eigenvalue weighted by molar-refractivity contribution is -0.133. The number of carbonyl (C=O) groups excluding carboxylic acids is 5. The lowest BCUT2D eigenvalue weighted by Crippen LogP contribution is -2.58. The van der Waals surface area contributed by atoms with Gasteiger partial charge < -0.3 is 37.0 Å². The van der Waals surface area contributed by atoms with Crippen molar-refractivity contribution < 1.29 is 37.5 Å². The number of aliphatic hydroxyl groups is 1. The predicted octanol–water partition coefficient (Wildman–Crippen LogP) is 3.41. The van der Waals surface area contributed by atoms with E-state index in [0.29, 0.717) is 37.7 Å². The predicted molar refractivity (Wildman–Crippen MR) is 211 cm³/mol. The van der Waals surface area contributed by atoms with Gasteiger partial charge in [0, 0.05) is 38.2 Å². The fourth-order valence-corrected chi connectivity index (χ4v) is 6.29. The zero-order chi connectivity index (χ0) is 41.2. The van der Waals surface area contributed by atoms with Crippen molar-refractivity contribution in [1.82, 2.24) is 31.9 Å². The van der Waals surface area contributed by atoms with E-state index in [9.17, 15) is 37.5 Å². The summed E-state index contributed by atoms with van der Waals surface area (Å²) < 4.78 is 23.5. The molecule has 0 aliphatic heterocycles. The van der Waals surface area contributed by atoms with Gasteiger partial charge in [-0.3, -0.25) is 24.0 Å². The van der Waals surface area contributed by atoms with Crippen LogP contribution in [-0.4, -0.2) is 86.1 Å². The maximum Gasteiger partial charge on any atom is 0.243 e. The Labute approximate surface area is 322 Å². The Hall–Kier alpha value is -3.98. The van der Waals surface area contributed by atoms with E-state index in [1.54, 1.807) is 19.1 Å². The van der Waals surface area contributed by atoms with Crippen molar-refractivity contribution in [3.8, 4) is 0 Å². The summed E-state index contributed by atoms with van der Waals surface area (Å²) in [7, 11) is -3.34. The van der Waals surface area contributed by atoms with Crippen molar-refractivity contribution in [1.29, 1.82) is 0 Å². The number of nitrogens with one attached hydrogen (secondary N) is 6. The molecule has 1 aromatic rings. The van der Waals surface area contributed by atoms with Crippen LogP contribution in [0.4, 0.5) is 0 Å². The average molecular weight is 779 g/mol. The van der Waals surface area contributed by atoms with Crippen LogP contribution < -0.4 is 31.9 Å². The van der Waals surface area contributed by atoms with Gasteiger partial charge in [-0.1, -0.05) is 80.0 Å². The van der Waals surface area contributed by atoms with E-state index in [4.69, 9.17) is 0 Å². The highest BCUT2D eigenvalue weighted by Gasteiger charge is 2.31. The number of sulfone groups is 1. The quantitative estimate of drug-likeness (QED) is 0.0724. The summed E-state index contributed by atoms with van der Waals surface area (Å²) in [5.41, 5.74) is 0.707. The second kappa shape index (κ2) is 23.7. The number of benzene rings is 1. The van der Waals surface area contributed by atoms with Crippen LogP contribution in [-0.2, 0) is 40.4 Å². The molecule has 15 heteroatoms. The fraction of sp³-hybridized carbons (Fsp3) is 0.667. The number of hydrogen-bond donors (Lipinski definition) is 7. The van der Waals surface area contributed by atoms with E-state index in [1.165, 1.54) is 12.1 Å². The molecular weight excluding hydrogens is 713 g/mol. The molecule has 0 aliphatic rings. The van der Waals surface area contributed by atoms with Gasteiger partial charge in [0.1, 0.15) is 18.1 Å². The summed E-state index contributed by atoms with van der Waals surface area (Å²) in [6.07, 6.45) is 4.13. The SMILES string of the molecule is C=C(O)CCCC(=O)N[C@H](C(=O)N[C@@H](CCC)C(=O)NC(CN[C@@H](C)C(=O)N[C@H](C(=O)NCc1ccc(S(C)(=O)=O)cc1)C(C)C)CC(C)C)[C@@H](C)CC. The Morgan fingerprint density at radius 1 is 0.796 bits per heavy atom. The van der Waals surface area contributed by atoms with Crippen molar-refractivity contribution in [3.05, 3.63) is 42.2 Å². The number of rotatable bonds is 25. The maximum absolute atomic E-state index is 13.6.